The minimum atomic E-state index is -0.213. The standard InChI is InChI=1S/C23H19N3O2/c1-3-5-21(27)25-17-6-4-7-18(13-17)26-22(28)11-9-16-14-24-20-10-8-15(2)12-19(20)23(16)26/h3-14H,1-2H3,(H,25,27)/b5-3-. The fourth-order valence-electron chi connectivity index (χ4n) is 3.34. The van der Waals surface area contributed by atoms with Crippen molar-refractivity contribution in [3.05, 3.63) is 88.9 Å². The number of hydrogen-bond acceptors (Lipinski definition) is 3. The van der Waals surface area contributed by atoms with Crippen molar-refractivity contribution >= 4 is 33.4 Å². The van der Waals surface area contributed by atoms with Crippen LogP contribution in [-0.2, 0) is 4.79 Å². The summed E-state index contributed by atoms with van der Waals surface area (Å²) in [6, 6.07) is 16.6. The fraction of sp³-hybridized carbons (Fsp3) is 0.0870. The lowest BCUT2D eigenvalue weighted by atomic mass is 10.1. The minimum Gasteiger partial charge on any atom is -0.322 e. The zero-order chi connectivity index (χ0) is 19.7. The number of aromatic nitrogens is 2. The van der Waals surface area contributed by atoms with Crippen molar-refractivity contribution in [2.45, 2.75) is 13.8 Å². The van der Waals surface area contributed by atoms with E-state index in [9.17, 15) is 9.59 Å². The molecular formula is C23H19N3O2. The number of anilines is 1. The van der Waals surface area contributed by atoms with Crippen LogP contribution in [0.2, 0.25) is 0 Å². The molecule has 0 aliphatic rings. The maximum Gasteiger partial charge on any atom is 0.255 e. The van der Waals surface area contributed by atoms with E-state index in [2.05, 4.69) is 10.3 Å². The molecule has 1 amide bonds. The number of rotatable bonds is 3. The molecule has 0 radical (unpaired) electrons. The molecule has 0 bridgehead atoms. The van der Waals surface area contributed by atoms with Crippen molar-refractivity contribution in [1.82, 2.24) is 9.55 Å². The van der Waals surface area contributed by atoms with Crippen LogP contribution in [0.25, 0.3) is 27.5 Å². The van der Waals surface area contributed by atoms with Crippen LogP contribution in [-0.4, -0.2) is 15.5 Å². The van der Waals surface area contributed by atoms with Gasteiger partial charge in [-0.2, -0.15) is 0 Å². The molecule has 2 aromatic heterocycles. The maximum absolute atomic E-state index is 12.8. The van der Waals surface area contributed by atoms with Gasteiger partial charge in [0.05, 0.1) is 16.7 Å². The number of benzene rings is 2. The van der Waals surface area contributed by atoms with Crippen molar-refractivity contribution in [3.63, 3.8) is 0 Å². The predicted octanol–water partition coefficient (Wildman–Crippen LogP) is 4.36. The van der Waals surface area contributed by atoms with Gasteiger partial charge in [0.2, 0.25) is 5.91 Å². The van der Waals surface area contributed by atoms with Crippen molar-refractivity contribution in [1.29, 1.82) is 0 Å². The number of fused-ring (bicyclic) bond motifs is 3. The Balaban J connectivity index is 1.99. The molecule has 0 spiro atoms. The third-order valence-corrected chi connectivity index (χ3v) is 4.56. The Labute approximate surface area is 162 Å². The second-order valence-corrected chi connectivity index (χ2v) is 6.63. The van der Waals surface area contributed by atoms with Crippen LogP contribution in [0.4, 0.5) is 5.69 Å². The van der Waals surface area contributed by atoms with Gasteiger partial charge in [0.25, 0.3) is 5.56 Å². The maximum atomic E-state index is 12.8. The summed E-state index contributed by atoms with van der Waals surface area (Å²) in [4.78, 5) is 29.2. The van der Waals surface area contributed by atoms with E-state index >= 15 is 0 Å². The molecule has 2 heterocycles. The molecule has 0 atom stereocenters. The number of hydrogen-bond donors (Lipinski definition) is 1. The van der Waals surface area contributed by atoms with Gasteiger partial charge in [-0.1, -0.05) is 23.8 Å². The highest BCUT2D eigenvalue weighted by Gasteiger charge is 2.11. The Morgan fingerprint density at radius 3 is 2.79 bits per heavy atom. The highest BCUT2D eigenvalue weighted by molar-refractivity contribution is 6.04. The first-order chi connectivity index (χ1) is 13.6. The molecule has 0 saturated heterocycles. The molecule has 0 aliphatic heterocycles. The number of nitrogens with one attached hydrogen (secondary N) is 1. The van der Waals surface area contributed by atoms with E-state index in [0.29, 0.717) is 11.4 Å². The largest absolute Gasteiger partial charge is 0.322 e. The molecule has 28 heavy (non-hydrogen) atoms. The number of aryl methyl sites for hydroxylation is 1. The second-order valence-electron chi connectivity index (χ2n) is 6.63. The summed E-state index contributed by atoms with van der Waals surface area (Å²) in [7, 11) is 0. The molecule has 138 valence electrons. The number of allylic oxidation sites excluding steroid dienone is 1. The number of pyridine rings is 2. The van der Waals surface area contributed by atoms with E-state index in [4.69, 9.17) is 0 Å². The number of carbonyl (C=O) groups is 1. The molecule has 4 aromatic rings. The van der Waals surface area contributed by atoms with Crippen molar-refractivity contribution in [2.24, 2.45) is 0 Å². The van der Waals surface area contributed by atoms with Gasteiger partial charge in [0, 0.05) is 28.7 Å². The predicted molar refractivity (Wildman–Crippen MR) is 113 cm³/mol. The summed E-state index contributed by atoms with van der Waals surface area (Å²) >= 11 is 0. The molecule has 0 aliphatic carbocycles. The monoisotopic (exact) mass is 369 g/mol. The van der Waals surface area contributed by atoms with E-state index < -0.39 is 0 Å². The number of nitrogens with zero attached hydrogens (tertiary/aromatic N) is 2. The minimum absolute atomic E-state index is 0.140. The van der Waals surface area contributed by atoms with Crippen molar-refractivity contribution in [3.8, 4) is 5.69 Å². The molecule has 4 rings (SSSR count). The van der Waals surface area contributed by atoms with Crippen LogP contribution in [0.1, 0.15) is 12.5 Å². The molecule has 0 saturated carbocycles. The summed E-state index contributed by atoms with van der Waals surface area (Å²) in [6.45, 7) is 3.80. The number of carbonyl (C=O) groups excluding carboxylic acids is 1. The Bertz CT molecular complexity index is 1300. The van der Waals surface area contributed by atoms with Crippen LogP contribution in [0.5, 0.6) is 0 Å². The van der Waals surface area contributed by atoms with Gasteiger partial charge in [-0.05, 0) is 56.3 Å². The topological polar surface area (TPSA) is 64.0 Å². The fourth-order valence-corrected chi connectivity index (χ4v) is 3.34. The lowest BCUT2D eigenvalue weighted by Crippen LogP contribution is -2.18. The van der Waals surface area contributed by atoms with Gasteiger partial charge in [0.15, 0.2) is 0 Å². The molecule has 1 N–H and O–H groups in total. The van der Waals surface area contributed by atoms with Gasteiger partial charge in [-0.15, -0.1) is 0 Å². The first-order valence-corrected chi connectivity index (χ1v) is 9.02. The van der Waals surface area contributed by atoms with Gasteiger partial charge in [0.1, 0.15) is 0 Å². The second kappa shape index (κ2) is 7.12. The van der Waals surface area contributed by atoms with E-state index in [0.717, 1.165) is 27.4 Å². The van der Waals surface area contributed by atoms with E-state index in [1.165, 1.54) is 12.1 Å². The summed E-state index contributed by atoms with van der Waals surface area (Å²) in [6.07, 6.45) is 4.91. The molecule has 5 nitrogen and oxygen atoms in total. The lowest BCUT2D eigenvalue weighted by Gasteiger charge is -2.14. The normalized spacial score (nSPS) is 11.4. The van der Waals surface area contributed by atoms with Crippen molar-refractivity contribution < 1.29 is 4.79 Å². The first-order valence-electron chi connectivity index (χ1n) is 9.02. The van der Waals surface area contributed by atoms with Gasteiger partial charge in [-0.3, -0.25) is 19.1 Å². The van der Waals surface area contributed by atoms with E-state index in [1.54, 1.807) is 42.0 Å². The van der Waals surface area contributed by atoms with Crippen LogP contribution >= 0.6 is 0 Å². The average molecular weight is 369 g/mol. The van der Waals surface area contributed by atoms with Gasteiger partial charge in [-0.25, -0.2) is 0 Å². The summed E-state index contributed by atoms with van der Waals surface area (Å²) in [5.74, 6) is -0.213. The van der Waals surface area contributed by atoms with Crippen LogP contribution in [0.15, 0.2) is 77.7 Å². The lowest BCUT2D eigenvalue weighted by molar-refractivity contribution is -0.111. The molecule has 0 fully saturated rings. The van der Waals surface area contributed by atoms with E-state index in [1.807, 2.05) is 37.3 Å². The van der Waals surface area contributed by atoms with E-state index in [-0.39, 0.29) is 11.5 Å². The smallest absolute Gasteiger partial charge is 0.255 e. The highest BCUT2D eigenvalue weighted by atomic mass is 16.1. The Morgan fingerprint density at radius 1 is 1.11 bits per heavy atom. The van der Waals surface area contributed by atoms with Crippen LogP contribution < -0.4 is 10.9 Å². The SMILES string of the molecule is C/C=C\C(=O)Nc1cccc(-n2c(=O)ccc3cnc4ccc(C)cc4c32)c1. The quantitative estimate of drug-likeness (QED) is 0.431. The van der Waals surface area contributed by atoms with Gasteiger partial charge >= 0.3 is 0 Å². The summed E-state index contributed by atoms with van der Waals surface area (Å²) in [5.41, 5.74) is 3.89. The highest BCUT2D eigenvalue weighted by Crippen LogP contribution is 2.26. The number of amides is 1. The third-order valence-electron chi connectivity index (χ3n) is 4.56. The zero-order valence-electron chi connectivity index (χ0n) is 15.6. The Morgan fingerprint density at radius 2 is 1.96 bits per heavy atom. The van der Waals surface area contributed by atoms with Crippen LogP contribution in [0, 0.1) is 6.92 Å². The Hall–Kier alpha value is -3.73. The zero-order valence-corrected chi connectivity index (χ0v) is 15.6. The Kier molecular flexibility index (Phi) is 4.49. The van der Waals surface area contributed by atoms with Gasteiger partial charge < -0.3 is 5.32 Å². The molecular weight excluding hydrogens is 350 g/mol. The average Bonchev–Trinajstić information content (AvgIpc) is 2.68. The molecule has 5 heteroatoms. The first kappa shape index (κ1) is 17.7. The summed E-state index contributed by atoms with van der Waals surface area (Å²) < 4.78 is 1.67. The third kappa shape index (κ3) is 3.18. The molecule has 0 unspecified atom stereocenters. The van der Waals surface area contributed by atoms with Crippen molar-refractivity contribution in [2.75, 3.05) is 5.32 Å². The molecule has 2 aromatic carbocycles. The summed E-state index contributed by atoms with van der Waals surface area (Å²) in [5, 5.41) is 4.60. The van der Waals surface area contributed by atoms with Crippen LogP contribution in [0.3, 0.4) is 0 Å².